The maximum absolute atomic E-state index is 12.4. The quantitative estimate of drug-likeness (QED) is 0.182. The number of imidazole rings is 1. The Morgan fingerprint density at radius 3 is 1.95 bits per heavy atom. The van der Waals surface area contributed by atoms with Gasteiger partial charge in [-0.25, -0.2) is 4.98 Å². The molecule has 0 aliphatic carbocycles. The normalized spacial score (nSPS) is 14.2. The highest BCUT2D eigenvalue weighted by atomic mass is 16.3. The number of benzene rings is 6. The van der Waals surface area contributed by atoms with Gasteiger partial charge in [0.05, 0.1) is 27.8 Å². The molecule has 8 aromatic rings. The minimum Gasteiger partial charge on any atom is -0.507 e. The monoisotopic (exact) mass is 794 g/mol. The number of aromatic hydroxyl groups is 1. The van der Waals surface area contributed by atoms with Crippen LogP contribution in [0.4, 0.5) is 0 Å². The molecule has 60 heavy (non-hydrogen) atoms. The Morgan fingerprint density at radius 1 is 0.583 bits per heavy atom. The Bertz CT molecular complexity index is 3210. The number of fused-ring (bicyclic) bond motifs is 1. The highest BCUT2D eigenvalue weighted by Crippen LogP contribution is 2.45. The van der Waals surface area contributed by atoms with Crippen LogP contribution < -0.4 is 0 Å². The molecule has 0 spiro atoms. The van der Waals surface area contributed by atoms with Gasteiger partial charge in [-0.05, 0) is 123 Å². The molecule has 0 bridgehead atoms. The van der Waals surface area contributed by atoms with Crippen molar-refractivity contribution in [2.45, 2.75) is 92.3 Å². The molecule has 2 heterocycles. The first-order valence-electron chi connectivity index (χ1n) is 24.1. The molecule has 0 amide bonds. The lowest BCUT2D eigenvalue weighted by Crippen LogP contribution is -2.17. The van der Waals surface area contributed by atoms with Gasteiger partial charge >= 0.3 is 0 Å². The van der Waals surface area contributed by atoms with E-state index >= 15 is 0 Å². The van der Waals surface area contributed by atoms with Gasteiger partial charge in [-0.3, -0.25) is 9.55 Å². The summed E-state index contributed by atoms with van der Waals surface area (Å²) in [7, 11) is 0. The number of para-hydroxylation sites is 1. The zero-order chi connectivity index (χ0) is 48.7. The molecule has 0 radical (unpaired) electrons. The van der Waals surface area contributed by atoms with E-state index in [9.17, 15) is 5.11 Å². The zero-order valence-corrected chi connectivity index (χ0v) is 36.3. The van der Waals surface area contributed by atoms with Crippen molar-refractivity contribution in [3.05, 3.63) is 167 Å². The van der Waals surface area contributed by atoms with E-state index in [4.69, 9.17) is 19.6 Å². The first-order chi connectivity index (χ1) is 31.3. The highest BCUT2D eigenvalue weighted by Gasteiger charge is 2.29. The summed E-state index contributed by atoms with van der Waals surface area (Å²) in [5.74, 6) is 0.795. The SMILES string of the molecule is [2H]c1c([2H])c(C([2H])([2H])[2H])c([2H])c([2H])c1-c1ccnc(-c2cc(-c3cccc4c3nc(-c3cc(C(C)(C)C)cc(C(C)(C)C)c3O)n4-c3ccc(-c4ccccc4)c(C)c3)cc(C(C)(C)C)c2)c1. The number of hydrogen-bond donors (Lipinski definition) is 1. The van der Waals surface area contributed by atoms with Gasteiger partial charge in [0.2, 0.25) is 0 Å². The Morgan fingerprint density at radius 2 is 1.28 bits per heavy atom. The molecule has 0 fully saturated rings. The Kier molecular flexibility index (Phi) is 8.19. The summed E-state index contributed by atoms with van der Waals surface area (Å²) in [6.07, 6.45) is 1.57. The van der Waals surface area contributed by atoms with Crippen molar-refractivity contribution in [1.29, 1.82) is 0 Å². The van der Waals surface area contributed by atoms with Gasteiger partial charge in [-0.2, -0.15) is 0 Å². The van der Waals surface area contributed by atoms with Crippen molar-refractivity contribution in [3.63, 3.8) is 0 Å². The van der Waals surface area contributed by atoms with E-state index in [2.05, 4.69) is 147 Å². The molecular weight excluding hydrogens is 731 g/mol. The average Bonchev–Trinajstić information content (AvgIpc) is 3.64. The average molecular weight is 795 g/mol. The second-order valence-electron chi connectivity index (χ2n) is 19.0. The largest absolute Gasteiger partial charge is 0.507 e. The first-order valence-corrected chi connectivity index (χ1v) is 20.6. The summed E-state index contributed by atoms with van der Waals surface area (Å²) < 4.78 is 60.6. The van der Waals surface area contributed by atoms with E-state index in [-0.39, 0.29) is 27.6 Å². The number of nitrogens with zero attached hydrogens (tertiary/aromatic N) is 3. The van der Waals surface area contributed by atoms with Crippen molar-refractivity contribution < 1.29 is 14.7 Å². The van der Waals surface area contributed by atoms with Crippen molar-refractivity contribution >= 4 is 11.0 Å². The summed E-state index contributed by atoms with van der Waals surface area (Å²) in [5, 5.41) is 12.4. The summed E-state index contributed by atoms with van der Waals surface area (Å²) in [6.45, 7) is 18.6. The van der Waals surface area contributed by atoms with Crippen LogP contribution in [0.15, 0.2) is 140 Å². The van der Waals surface area contributed by atoms with Gasteiger partial charge in [-0.15, -0.1) is 0 Å². The topological polar surface area (TPSA) is 50.9 Å². The molecule has 0 aliphatic heterocycles. The van der Waals surface area contributed by atoms with Crippen LogP contribution in [0.3, 0.4) is 0 Å². The van der Waals surface area contributed by atoms with Crippen molar-refractivity contribution in [2.24, 2.45) is 0 Å². The predicted molar refractivity (Wildman–Crippen MR) is 253 cm³/mol. The van der Waals surface area contributed by atoms with Crippen molar-refractivity contribution in [2.75, 3.05) is 0 Å². The molecule has 302 valence electrons. The number of rotatable bonds is 6. The zero-order valence-electron chi connectivity index (χ0n) is 43.3. The minimum atomic E-state index is -2.82. The van der Waals surface area contributed by atoms with Crippen molar-refractivity contribution in [3.8, 4) is 67.5 Å². The standard InChI is InChI=1S/C56H57N3O/c1-35-20-22-37(23-21-35)39-26-27-57-49(32-39)41-29-40(30-42(31-41)54(3,4)5)46-18-15-19-50-51(46)58-53(47-33-43(55(6,7)8)34-48(52(47)60)56(9,10)11)59(50)44-24-25-45(36(2)28-44)38-16-13-12-14-17-38/h12-34,60H,1-11H3/i1D3,20D,21D,22D,23D. The number of aromatic nitrogens is 3. The molecular formula is C56H57N3O. The molecule has 4 heteroatoms. The van der Waals surface area contributed by atoms with E-state index in [0.29, 0.717) is 22.6 Å². The fourth-order valence-electron chi connectivity index (χ4n) is 7.88. The van der Waals surface area contributed by atoms with Crippen LogP contribution in [0.5, 0.6) is 5.75 Å². The molecule has 0 aliphatic rings. The van der Waals surface area contributed by atoms with Gasteiger partial charge in [0, 0.05) is 32.7 Å². The van der Waals surface area contributed by atoms with E-state index in [1.54, 1.807) is 18.3 Å². The van der Waals surface area contributed by atoms with Crippen LogP contribution in [0.2, 0.25) is 0 Å². The summed E-state index contributed by atoms with van der Waals surface area (Å²) >= 11 is 0. The third kappa shape index (κ3) is 7.79. The first kappa shape index (κ1) is 32.6. The number of phenols is 1. The van der Waals surface area contributed by atoms with Gasteiger partial charge in [0.25, 0.3) is 0 Å². The Hall–Kier alpha value is -6.26. The number of pyridine rings is 1. The highest BCUT2D eigenvalue weighted by molar-refractivity contribution is 5.97. The number of phenolic OH excluding ortho intramolecular Hbond substituents is 1. The number of hydrogen-bond acceptors (Lipinski definition) is 3. The third-order valence-electron chi connectivity index (χ3n) is 11.3. The van der Waals surface area contributed by atoms with Crippen molar-refractivity contribution in [1.82, 2.24) is 14.5 Å². The van der Waals surface area contributed by atoms with Gasteiger partial charge in [-0.1, -0.05) is 153 Å². The Labute approximate surface area is 366 Å². The van der Waals surface area contributed by atoms with Crippen LogP contribution in [-0.2, 0) is 16.2 Å². The molecule has 0 atom stereocenters. The maximum Gasteiger partial charge on any atom is 0.149 e. The fraction of sp³-hybridized carbons (Fsp3) is 0.250. The summed E-state index contributed by atoms with van der Waals surface area (Å²) in [6, 6.07) is 34.8. The van der Waals surface area contributed by atoms with Crippen LogP contribution in [0.25, 0.3) is 72.7 Å². The lowest BCUT2D eigenvalue weighted by Gasteiger charge is -2.27. The molecule has 0 unspecified atom stereocenters. The second-order valence-corrected chi connectivity index (χ2v) is 19.0. The predicted octanol–water partition coefficient (Wildman–Crippen LogP) is 15.0. The summed E-state index contributed by atoms with van der Waals surface area (Å²) in [5.41, 5.74) is 11.3. The lowest BCUT2D eigenvalue weighted by molar-refractivity contribution is 0.446. The van der Waals surface area contributed by atoms with E-state index < -0.39 is 36.6 Å². The van der Waals surface area contributed by atoms with Crippen LogP contribution in [0.1, 0.15) is 99.7 Å². The third-order valence-corrected chi connectivity index (χ3v) is 11.3. The molecule has 8 rings (SSSR count). The molecule has 0 saturated carbocycles. The molecule has 0 saturated heterocycles. The summed E-state index contributed by atoms with van der Waals surface area (Å²) in [4.78, 5) is 10.3. The Balaban J connectivity index is 1.39. The van der Waals surface area contributed by atoms with Gasteiger partial charge in [0.1, 0.15) is 11.6 Å². The fourth-order valence-corrected chi connectivity index (χ4v) is 7.88. The van der Waals surface area contributed by atoms with Crippen LogP contribution >= 0.6 is 0 Å². The maximum atomic E-state index is 12.4. The molecule has 2 aromatic heterocycles. The van der Waals surface area contributed by atoms with Gasteiger partial charge < -0.3 is 5.11 Å². The molecule has 6 aromatic carbocycles. The van der Waals surface area contributed by atoms with Crippen LogP contribution in [-0.4, -0.2) is 19.6 Å². The lowest BCUT2D eigenvalue weighted by atomic mass is 9.79. The minimum absolute atomic E-state index is 0.00197. The van der Waals surface area contributed by atoms with Crippen LogP contribution in [0, 0.1) is 13.8 Å². The van der Waals surface area contributed by atoms with E-state index in [1.807, 2.05) is 24.3 Å². The molecule has 1 N–H and O–H groups in total. The van der Waals surface area contributed by atoms with E-state index in [1.165, 1.54) is 0 Å². The second kappa shape index (κ2) is 15.1. The molecule has 4 nitrogen and oxygen atoms in total. The van der Waals surface area contributed by atoms with E-state index in [0.717, 1.165) is 66.8 Å². The smallest absolute Gasteiger partial charge is 0.149 e. The van der Waals surface area contributed by atoms with Gasteiger partial charge in [0.15, 0.2) is 0 Å². The number of aryl methyl sites for hydroxylation is 1.